The van der Waals surface area contributed by atoms with Crippen LogP contribution in [-0.4, -0.2) is 34.1 Å². The molecule has 0 aliphatic rings. The van der Waals surface area contributed by atoms with Gasteiger partial charge in [0, 0.05) is 36.4 Å². The van der Waals surface area contributed by atoms with E-state index in [1.54, 1.807) is 12.4 Å². The van der Waals surface area contributed by atoms with Crippen LogP contribution in [0.15, 0.2) is 34.2 Å². The van der Waals surface area contributed by atoms with Crippen LogP contribution in [0.25, 0.3) is 11.0 Å². The number of nitrogens with zero attached hydrogens (tertiary/aromatic N) is 4. The minimum Gasteiger partial charge on any atom is -0.409 e. The molecule has 3 N–H and O–H groups in total. The first kappa shape index (κ1) is 14.5. The number of amidine groups is 1. The lowest BCUT2D eigenvalue weighted by atomic mass is 10.2. The quantitative estimate of drug-likeness (QED) is 0.378. The highest BCUT2D eigenvalue weighted by Crippen LogP contribution is 2.25. The zero-order chi connectivity index (χ0) is 14.5. The smallest absolute Gasteiger partial charge is 0.140 e. The molecule has 6 nitrogen and oxygen atoms in total. The van der Waals surface area contributed by atoms with Gasteiger partial charge in [0.05, 0.1) is 11.2 Å². The number of halogens is 1. The Labute approximate surface area is 125 Å². The van der Waals surface area contributed by atoms with Gasteiger partial charge in [-0.05, 0) is 35.0 Å². The van der Waals surface area contributed by atoms with E-state index in [2.05, 4.69) is 42.9 Å². The lowest BCUT2D eigenvalue weighted by molar-refractivity contribution is 0.317. The van der Waals surface area contributed by atoms with Gasteiger partial charge in [0.15, 0.2) is 0 Å². The summed E-state index contributed by atoms with van der Waals surface area (Å²) in [4.78, 5) is 10.9. The standard InChI is InChI=1S/C13H16BrN5O/c1-2-19(6-4-12(15)18-20)11-3-5-16-10-7-9(14)8-17-13(10)11/h3,5,7-8,20H,2,4,6H2,1H3,(H2,15,18). The number of hydrogen-bond acceptors (Lipinski definition) is 5. The molecule has 2 aromatic heterocycles. The minimum atomic E-state index is 0.220. The van der Waals surface area contributed by atoms with Gasteiger partial charge in [-0.3, -0.25) is 9.97 Å². The van der Waals surface area contributed by atoms with Gasteiger partial charge >= 0.3 is 0 Å². The largest absolute Gasteiger partial charge is 0.409 e. The van der Waals surface area contributed by atoms with Crippen molar-refractivity contribution in [2.75, 3.05) is 18.0 Å². The van der Waals surface area contributed by atoms with Crippen molar-refractivity contribution >= 4 is 38.5 Å². The van der Waals surface area contributed by atoms with Gasteiger partial charge in [-0.2, -0.15) is 0 Å². The van der Waals surface area contributed by atoms with E-state index in [9.17, 15) is 0 Å². The topological polar surface area (TPSA) is 87.6 Å². The first-order valence-electron chi connectivity index (χ1n) is 6.27. The fourth-order valence-corrected chi connectivity index (χ4v) is 2.31. The van der Waals surface area contributed by atoms with Crippen molar-refractivity contribution in [3.05, 3.63) is 29.0 Å². The van der Waals surface area contributed by atoms with E-state index in [0.717, 1.165) is 27.7 Å². The van der Waals surface area contributed by atoms with Crippen molar-refractivity contribution in [3.63, 3.8) is 0 Å². The average Bonchev–Trinajstić information content (AvgIpc) is 2.47. The molecule has 2 rings (SSSR count). The molecule has 7 heteroatoms. The second kappa shape index (κ2) is 6.51. The number of rotatable bonds is 5. The van der Waals surface area contributed by atoms with Crippen LogP contribution in [0.1, 0.15) is 13.3 Å². The van der Waals surface area contributed by atoms with E-state index >= 15 is 0 Å². The van der Waals surface area contributed by atoms with E-state index in [1.165, 1.54) is 0 Å². The van der Waals surface area contributed by atoms with Crippen molar-refractivity contribution in [3.8, 4) is 0 Å². The number of aromatic nitrogens is 2. The molecule has 0 bridgehead atoms. The molecule has 0 saturated heterocycles. The highest BCUT2D eigenvalue weighted by atomic mass is 79.9. The highest BCUT2D eigenvalue weighted by Gasteiger charge is 2.11. The van der Waals surface area contributed by atoms with Gasteiger partial charge < -0.3 is 15.8 Å². The summed E-state index contributed by atoms with van der Waals surface area (Å²) < 4.78 is 0.898. The Bertz CT molecular complexity index is 631. The van der Waals surface area contributed by atoms with Crippen molar-refractivity contribution in [1.82, 2.24) is 9.97 Å². The molecule has 2 aromatic rings. The van der Waals surface area contributed by atoms with Crippen molar-refractivity contribution < 1.29 is 5.21 Å². The average molecular weight is 338 g/mol. The minimum absolute atomic E-state index is 0.220. The van der Waals surface area contributed by atoms with Gasteiger partial charge in [0.1, 0.15) is 11.4 Å². The number of nitrogens with two attached hydrogens (primary N) is 1. The molecular formula is C13H16BrN5O. The van der Waals surface area contributed by atoms with Crippen LogP contribution in [0.5, 0.6) is 0 Å². The summed E-state index contributed by atoms with van der Waals surface area (Å²) in [5, 5.41) is 11.6. The normalized spacial score (nSPS) is 11.8. The first-order valence-corrected chi connectivity index (χ1v) is 7.06. The summed E-state index contributed by atoms with van der Waals surface area (Å²) in [6.07, 6.45) is 4.01. The fourth-order valence-electron chi connectivity index (χ4n) is 2.00. The van der Waals surface area contributed by atoms with E-state index < -0.39 is 0 Å². The van der Waals surface area contributed by atoms with Crippen molar-refractivity contribution in [2.45, 2.75) is 13.3 Å². The first-order chi connectivity index (χ1) is 9.65. The number of oxime groups is 1. The molecule has 0 radical (unpaired) electrons. The molecular weight excluding hydrogens is 322 g/mol. The molecule has 0 fully saturated rings. The molecule has 106 valence electrons. The van der Waals surface area contributed by atoms with Crippen LogP contribution < -0.4 is 10.6 Å². The zero-order valence-electron chi connectivity index (χ0n) is 11.1. The number of fused-ring (bicyclic) bond motifs is 1. The molecule has 0 atom stereocenters. The Kier molecular flexibility index (Phi) is 4.73. The molecule has 2 heterocycles. The summed E-state index contributed by atoms with van der Waals surface area (Å²) in [7, 11) is 0. The lowest BCUT2D eigenvalue weighted by Gasteiger charge is -2.23. The van der Waals surface area contributed by atoms with Gasteiger partial charge in [-0.25, -0.2) is 0 Å². The predicted octanol–water partition coefficient (Wildman–Crippen LogP) is 2.36. The summed E-state index contributed by atoms with van der Waals surface area (Å²) >= 11 is 3.39. The molecule has 0 aromatic carbocycles. The summed E-state index contributed by atoms with van der Waals surface area (Å²) in [5.41, 5.74) is 8.20. The Morgan fingerprint density at radius 3 is 3.00 bits per heavy atom. The number of hydrogen-bond donors (Lipinski definition) is 2. The maximum absolute atomic E-state index is 8.61. The van der Waals surface area contributed by atoms with Crippen LogP contribution in [0.2, 0.25) is 0 Å². The van der Waals surface area contributed by atoms with Gasteiger partial charge in [-0.1, -0.05) is 5.16 Å². The monoisotopic (exact) mass is 337 g/mol. The highest BCUT2D eigenvalue weighted by molar-refractivity contribution is 9.10. The fraction of sp³-hybridized carbons (Fsp3) is 0.308. The van der Waals surface area contributed by atoms with Crippen LogP contribution in [0, 0.1) is 0 Å². The maximum atomic E-state index is 8.61. The second-order valence-electron chi connectivity index (χ2n) is 4.27. The van der Waals surface area contributed by atoms with Crippen molar-refractivity contribution in [1.29, 1.82) is 0 Å². The Morgan fingerprint density at radius 2 is 2.30 bits per heavy atom. The Hall–Kier alpha value is -1.89. The third-order valence-electron chi connectivity index (χ3n) is 3.01. The van der Waals surface area contributed by atoms with Crippen LogP contribution in [0.3, 0.4) is 0 Å². The van der Waals surface area contributed by atoms with E-state index in [0.29, 0.717) is 13.0 Å². The SMILES string of the molecule is CCN(CC/C(N)=N/O)c1ccnc2cc(Br)cnc12. The molecule has 0 spiro atoms. The molecule has 0 aliphatic heterocycles. The van der Waals surface area contributed by atoms with Crippen LogP contribution in [-0.2, 0) is 0 Å². The number of anilines is 1. The molecule has 0 aliphatic carbocycles. The zero-order valence-corrected chi connectivity index (χ0v) is 12.7. The van der Waals surface area contributed by atoms with Crippen LogP contribution in [0.4, 0.5) is 5.69 Å². The van der Waals surface area contributed by atoms with E-state index in [-0.39, 0.29) is 5.84 Å². The molecule has 0 unspecified atom stereocenters. The lowest BCUT2D eigenvalue weighted by Crippen LogP contribution is -2.28. The van der Waals surface area contributed by atoms with Gasteiger partial charge in [0.25, 0.3) is 0 Å². The van der Waals surface area contributed by atoms with Crippen molar-refractivity contribution in [2.24, 2.45) is 10.9 Å². The van der Waals surface area contributed by atoms with E-state index in [4.69, 9.17) is 10.9 Å². The molecule has 20 heavy (non-hydrogen) atoms. The maximum Gasteiger partial charge on any atom is 0.140 e. The molecule has 0 amide bonds. The summed E-state index contributed by atoms with van der Waals surface area (Å²) in [5.74, 6) is 0.220. The van der Waals surface area contributed by atoms with Gasteiger partial charge in [0.2, 0.25) is 0 Å². The number of pyridine rings is 2. The molecule has 0 saturated carbocycles. The summed E-state index contributed by atoms with van der Waals surface area (Å²) in [6.45, 7) is 3.51. The Balaban J connectivity index is 2.34. The summed E-state index contributed by atoms with van der Waals surface area (Å²) in [6, 6.07) is 3.86. The third-order valence-corrected chi connectivity index (χ3v) is 3.45. The third kappa shape index (κ3) is 3.16. The Morgan fingerprint density at radius 1 is 1.50 bits per heavy atom. The van der Waals surface area contributed by atoms with Gasteiger partial charge in [-0.15, -0.1) is 0 Å². The second-order valence-corrected chi connectivity index (χ2v) is 5.19. The predicted molar refractivity (Wildman–Crippen MR) is 83.2 cm³/mol. The van der Waals surface area contributed by atoms with Crippen LogP contribution >= 0.6 is 15.9 Å². The van der Waals surface area contributed by atoms with E-state index in [1.807, 2.05) is 12.1 Å².